The third kappa shape index (κ3) is 5.88. The molecule has 4 aromatic rings. The van der Waals surface area contributed by atoms with Crippen LogP contribution in [0.1, 0.15) is 27.2 Å². The molecule has 35 heavy (non-hydrogen) atoms. The lowest BCUT2D eigenvalue weighted by Crippen LogP contribution is -2.40. The number of aryl methyl sites for hydroxylation is 2. The Hall–Kier alpha value is -4.10. The molecular weight excluding hydrogens is 464 g/mol. The molecule has 3 N–H and O–H groups in total. The number of hydrogen-bond acceptors (Lipinski definition) is 3. The first kappa shape index (κ1) is 24.0. The van der Waals surface area contributed by atoms with Gasteiger partial charge in [-0.1, -0.05) is 48.0 Å². The van der Waals surface area contributed by atoms with E-state index in [-0.39, 0.29) is 5.69 Å². The van der Waals surface area contributed by atoms with Gasteiger partial charge in [-0.15, -0.1) is 0 Å². The van der Waals surface area contributed by atoms with Crippen molar-refractivity contribution in [1.82, 2.24) is 9.99 Å². The lowest BCUT2D eigenvalue weighted by molar-refractivity contribution is -0.136. The summed E-state index contributed by atoms with van der Waals surface area (Å²) in [6.07, 6.45) is 0.592. The van der Waals surface area contributed by atoms with Gasteiger partial charge in [0.25, 0.3) is 5.91 Å². The smallest absolute Gasteiger partial charge is 0.328 e. The van der Waals surface area contributed by atoms with Crippen molar-refractivity contribution >= 4 is 45.9 Å². The van der Waals surface area contributed by atoms with Crippen molar-refractivity contribution in [3.63, 3.8) is 0 Å². The number of rotatable bonds is 6. The molecule has 0 radical (unpaired) electrons. The number of halogens is 1. The predicted octanol–water partition coefficient (Wildman–Crippen LogP) is 4.59. The monoisotopic (exact) mass is 488 g/mol. The fraction of sp³-hybridized carbons (Fsp3) is 0.148. The van der Waals surface area contributed by atoms with Crippen molar-refractivity contribution in [3.05, 3.63) is 100 Å². The number of carbonyl (C=O) groups is 3. The SMILES string of the molecule is Cc1cc(C)cc(NC(=O)c2cc3cc(Cl)ccc3n2NC(=O)C(=O)NCCc2ccccc2)c1. The molecule has 8 heteroatoms. The van der Waals surface area contributed by atoms with Crippen LogP contribution in [-0.2, 0) is 16.0 Å². The average molecular weight is 489 g/mol. The molecule has 0 atom stereocenters. The molecule has 4 rings (SSSR count). The van der Waals surface area contributed by atoms with Gasteiger partial charge in [-0.25, -0.2) is 4.68 Å². The van der Waals surface area contributed by atoms with Crippen LogP contribution in [-0.4, -0.2) is 28.9 Å². The van der Waals surface area contributed by atoms with Crippen molar-refractivity contribution in [2.45, 2.75) is 20.3 Å². The second kappa shape index (κ2) is 10.4. The highest BCUT2D eigenvalue weighted by molar-refractivity contribution is 6.38. The fourth-order valence-electron chi connectivity index (χ4n) is 3.91. The Morgan fingerprint density at radius 3 is 2.29 bits per heavy atom. The van der Waals surface area contributed by atoms with Crippen molar-refractivity contribution in [2.75, 3.05) is 17.3 Å². The molecule has 0 aliphatic heterocycles. The molecule has 0 aliphatic rings. The van der Waals surface area contributed by atoms with E-state index in [1.807, 2.05) is 62.4 Å². The number of fused-ring (bicyclic) bond motifs is 1. The van der Waals surface area contributed by atoms with E-state index in [2.05, 4.69) is 16.1 Å². The van der Waals surface area contributed by atoms with E-state index >= 15 is 0 Å². The zero-order valence-electron chi connectivity index (χ0n) is 19.4. The Bertz CT molecular complexity index is 1390. The number of nitrogens with one attached hydrogen (secondary N) is 3. The maximum Gasteiger partial charge on any atom is 0.328 e. The Morgan fingerprint density at radius 1 is 0.857 bits per heavy atom. The normalized spacial score (nSPS) is 10.7. The standard InChI is InChI=1S/C27H25ClN4O3/c1-17-12-18(2)14-22(13-17)30-25(33)24-16-20-15-21(28)8-9-23(20)32(24)31-27(35)26(34)29-11-10-19-6-4-3-5-7-19/h3-9,12-16H,10-11H2,1-2H3,(H,29,34)(H,30,33)(H,31,35). The van der Waals surface area contributed by atoms with E-state index in [4.69, 9.17) is 11.6 Å². The maximum absolute atomic E-state index is 13.2. The minimum Gasteiger partial charge on any atom is -0.347 e. The molecule has 3 aromatic carbocycles. The molecule has 1 aromatic heterocycles. The summed E-state index contributed by atoms with van der Waals surface area (Å²) in [5.41, 5.74) is 6.94. The summed E-state index contributed by atoms with van der Waals surface area (Å²) in [7, 11) is 0. The summed E-state index contributed by atoms with van der Waals surface area (Å²) in [5.74, 6) is -2.12. The Kier molecular flexibility index (Phi) is 7.17. The number of benzene rings is 3. The van der Waals surface area contributed by atoms with E-state index in [1.165, 1.54) is 4.68 Å². The van der Waals surface area contributed by atoms with Crippen LogP contribution in [0.5, 0.6) is 0 Å². The molecule has 1 heterocycles. The van der Waals surface area contributed by atoms with E-state index in [0.717, 1.165) is 16.7 Å². The first-order chi connectivity index (χ1) is 16.8. The molecule has 0 bridgehead atoms. The molecule has 0 aliphatic carbocycles. The molecule has 0 unspecified atom stereocenters. The molecule has 7 nitrogen and oxygen atoms in total. The largest absolute Gasteiger partial charge is 0.347 e. The Labute approximate surface area is 208 Å². The van der Waals surface area contributed by atoms with Gasteiger partial charge in [-0.2, -0.15) is 0 Å². The number of aromatic nitrogens is 1. The van der Waals surface area contributed by atoms with Crippen LogP contribution in [0, 0.1) is 13.8 Å². The highest BCUT2D eigenvalue weighted by Gasteiger charge is 2.21. The van der Waals surface area contributed by atoms with Crippen molar-refractivity contribution < 1.29 is 14.4 Å². The third-order valence-corrected chi connectivity index (χ3v) is 5.67. The molecule has 0 saturated carbocycles. The van der Waals surface area contributed by atoms with E-state index in [9.17, 15) is 14.4 Å². The molecule has 178 valence electrons. The van der Waals surface area contributed by atoms with Crippen LogP contribution in [0.15, 0.2) is 72.8 Å². The lowest BCUT2D eigenvalue weighted by atomic mass is 10.1. The quantitative estimate of drug-likeness (QED) is 0.346. The topological polar surface area (TPSA) is 92.2 Å². The van der Waals surface area contributed by atoms with Crippen LogP contribution in [0.2, 0.25) is 5.02 Å². The lowest BCUT2D eigenvalue weighted by Gasteiger charge is -2.13. The van der Waals surface area contributed by atoms with Gasteiger partial charge in [-0.3, -0.25) is 19.8 Å². The van der Waals surface area contributed by atoms with E-state index < -0.39 is 17.7 Å². The van der Waals surface area contributed by atoms with Gasteiger partial charge < -0.3 is 10.6 Å². The highest BCUT2D eigenvalue weighted by Crippen LogP contribution is 2.24. The number of amides is 3. The number of anilines is 1. The third-order valence-electron chi connectivity index (χ3n) is 5.44. The van der Waals surface area contributed by atoms with Gasteiger partial charge in [0.1, 0.15) is 5.69 Å². The Balaban J connectivity index is 1.53. The van der Waals surface area contributed by atoms with Crippen LogP contribution in [0.3, 0.4) is 0 Å². The fourth-order valence-corrected chi connectivity index (χ4v) is 4.09. The summed E-state index contributed by atoms with van der Waals surface area (Å²) < 4.78 is 1.31. The minimum atomic E-state index is -0.883. The maximum atomic E-state index is 13.2. The van der Waals surface area contributed by atoms with Gasteiger partial charge in [0.15, 0.2) is 0 Å². The summed E-state index contributed by atoms with van der Waals surface area (Å²) >= 11 is 6.13. The first-order valence-electron chi connectivity index (χ1n) is 11.1. The van der Waals surface area contributed by atoms with Gasteiger partial charge in [-0.05, 0) is 73.4 Å². The molecule has 3 amide bonds. The minimum absolute atomic E-state index is 0.159. The number of carbonyl (C=O) groups excluding carboxylic acids is 3. The first-order valence-corrected chi connectivity index (χ1v) is 11.5. The highest BCUT2D eigenvalue weighted by atomic mass is 35.5. The summed E-state index contributed by atoms with van der Waals surface area (Å²) in [6.45, 7) is 4.19. The van der Waals surface area contributed by atoms with E-state index in [0.29, 0.717) is 34.6 Å². The van der Waals surface area contributed by atoms with Crippen LogP contribution < -0.4 is 16.1 Å². The predicted molar refractivity (Wildman–Crippen MR) is 138 cm³/mol. The molecule has 0 fully saturated rings. The second-order valence-corrected chi connectivity index (χ2v) is 8.77. The van der Waals surface area contributed by atoms with Crippen LogP contribution >= 0.6 is 11.6 Å². The Morgan fingerprint density at radius 2 is 1.57 bits per heavy atom. The van der Waals surface area contributed by atoms with Crippen LogP contribution in [0.25, 0.3) is 10.9 Å². The van der Waals surface area contributed by atoms with Crippen molar-refractivity contribution in [1.29, 1.82) is 0 Å². The number of hydrogen-bond donors (Lipinski definition) is 3. The molecule has 0 spiro atoms. The van der Waals surface area contributed by atoms with E-state index in [1.54, 1.807) is 24.3 Å². The van der Waals surface area contributed by atoms with Crippen molar-refractivity contribution in [3.8, 4) is 0 Å². The zero-order chi connectivity index (χ0) is 24.9. The van der Waals surface area contributed by atoms with Gasteiger partial charge in [0.05, 0.1) is 5.52 Å². The molecular formula is C27H25ClN4O3. The summed E-state index contributed by atoms with van der Waals surface area (Å²) in [6, 6.07) is 22.0. The van der Waals surface area contributed by atoms with Gasteiger partial charge >= 0.3 is 11.8 Å². The second-order valence-electron chi connectivity index (χ2n) is 8.33. The van der Waals surface area contributed by atoms with Crippen LogP contribution in [0.4, 0.5) is 5.69 Å². The number of nitrogens with zero attached hydrogens (tertiary/aromatic N) is 1. The van der Waals surface area contributed by atoms with Gasteiger partial charge in [0, 0.05) is 22.6 Å². The summed E-state index contributed by atoms with van der Waals surface area (Å²) in [4.78, 5) is 38.3. The van der Waals surface area contributed by atoms with Gasteiger partial charge in [0.2, 0.25) is 0 Å². The zero-order valence-corrected chi connectivity index (χ0v) is 20.1. The summed E-state index contributed by atoms with van der Waals surface area (Å²) in [5, 5.41) is 6.61. The van der Waals surface area contributed by atoms with Crippen molar-refractivity contribution in [2.24, 2.45) is 0 Å². The molecule has 0 saturated heterocycles. The average Bonchev–Trinajstić information content (AvgIpc) is 3.16.